The summed E-state index contributed by atoms with van der Waals surface area (Å²) in [7, 11) is 0. The molecule has 0 bridgehead atoms. The minimum absolute atomic E-state index is 0.184. The van der Waals surface area contributed by atoms with Gasteiger partial charge in [-0.1, -0.05) is 25.0 Å². The number of nitrogens with one attached hydrogen (secondary N) is 2. The molecular formula is C15H22N2O2S. The van der Waals surface area contributed by atoms with Gasteiger partial charge in [0.2, 0.25) is 0 Å². The zero-order chi connectivity index (χ0) is 14.4. The van der Waals surface area contributed by atoms with Crippen LogP contribution in [0.3, 0.4) is 0 Å². The average molecular weight is 294 g/mol. The lowest BCUT2D eigenvalue weighted by Gasteiger charge is -2.16. The molecule has 1 aromatic carbocycles. The van der Waals surface area contributed by atoms with E-state index in [1.807, 2.05) is 30.5 Å². The molecule has 1 saturated carbocycles. The first-order chi connectivity index (χ1) is 9.69. The van der Waals surface area contributed by atoms with Gasteiger partial charge in [-0.3, -0.25) is 0 Å². The summed E-state index contributed by atoms with van der Waals surface area (Å²) in [5, 5.41) is 15.7. The number of urea groups is 1. The van der Waals surface area contributed by atoms with E-state index >= 15 is 0 Å². The Bertz CT molecular complexity index is 430. The van der Waals surface area contributed by atoms with Crippen molar-refractivity contribution in [3.63, 3.8) is 0 Å². The number of rotatable bonds is 5. The van der Waals surface area contributed by atoms with Crippen LogP contribution in [0.1, 0.15) is 37.4 Å². The molecule has 20 heavy (non-hydrogen) atoms. The lowest BCUT2D eigenvalue weighted by Crippen LogP contribution is -2.42. The van der Waals surface area contributed by atoms with Crippen molar-refractivity contribution in [2.75, 3.05) is 12.8 Å². The van der Waals surface area contributed by atoms with Crippen LogP contribution in [0.25, 0.3) is 0 Å². The number of aliphatic hydroxyl groups excluding tert-OH is 1. The van der Waals surface area contributed by atoms with Gasteiger partial charge in [0, 0.05) is 17.5 Å². The zero-order valence-corrected chi connectivity index (χ0v) is 12.6. The normalized spacial score (nSPS) is 16.9. The number of hydrogen-bond donors (Lipinski definition) is 3. The molecule has 0 aromatic heterocycles. The maximum absolute atomic E-state index is 11.7. The van der Waals surface area contributed by atoms with E-state index in [2.05, 4.69) is 10.6 Å². The number of thioether (sulfide) groups is 1. The van der Waals surface area contributed by atoms with Crippen LogP contribution in [-0.4, -0.2) is 30.0 Å². The first-order valence-corrected chi connectivity index (χ1v) is 8.28. The van der Waals surface area contributed by atoms with Crippen LogP contribution in [0.15, 0.2) is 29.2 Å². The Morgan fingerprint density at radius 3 is 2.60 bits per heavy atom. The molecule has 2 rings (SSSR count). The van der Waals surface area contributed by atoms with E-state index in [-0.39, 0.29) is 12.6 Å². The molecule has 0 heterocycles. The van der Waals surface area contributed by atoms with Crippen molar-refractivity contribution in [2.24, 2.45) is 0 Å². The molecule has 2 amide bonds. The Balaban J connectivity index is 1.75. The Morgan fingerprint density at radius 2 is 2.00 bits per heavy atom. The lowest BCUT2D eigenvalue weighted by molar-refractivity contribution is 0.172. The summed E-state index contributed by atoms with van der Waals surface area (Å²) in [6, 6.07) is 7.86. The number of aliphatic hydroxyl groups is 1. The summed E-state index contributed by atoms with van der Waals surface area (Å²) < 4.78 is 0. The van der Waals surface area contributed by atoms with Crippen molar-refractivity contribution in [1.29, 1.82) is 0 Å². The van der Waals surface area contributed by atoms with Crippen molar-refractivity contribution in [1.82, 2.24) is 10.6 Å². The molecule has 1 aromatic rings. The molecule has 0 spiro atoms. The molecule has 110 valence electrons. The van der Waals surface area contributed by atoms with Crippen LogP contribution < -0.4 is 10.6 Å². The molecule has 3 N–H and O–H groups in total. The fraction of sp³-hybridized carbons (Fsp3) is 0.533. The Kier molecular flexibility index (Phi) is 5.73. The standard InChI is InChI=1S/C15H22N2O2S/c1-20-13-8-6-11(7-9-13)14(18)10-16-15(19)17-12-4-2-3-5-12/h6-9,12,14,18H,2-5,10H2,1H3,(H2,16,17,19). The van der Waals surface area contributed by atoms with E-state index in [0.717, 1.165) is 23.3 Å². The summed E-state index contributed by atoms with van der Waals surface area (Å²) in [6.07, 6.45) is 5.85. The molecule has 0 aliphatic heterocycles. The van der Waals surface area contributed by atoms with Gasteiger partial charge in [0.25, 0.3) is 0 Å². The number of hydrogen-bond acceptors (Lipinski definition) is 3. The van der Waals surface area contributed by atoms with E-state index in [4.69, 9.17) is 0 Å². The summed E-state index contributed by atoms with van der Waals surface area (Å²) in [5.41, 5.74) is 0.823. The number of carbonyl (C=O) groups is 1. The summed E-state index contributed by atoms with van der Waals surface area (Å²) in [4.78, 5) is 12.9. The van der Waals surface area contributed by atoms with Gasteiger partial charge < -0.3 is 15.7 Å². The van der Waals surface area contributed by atoms with Crippen molar-refractivity contribution in [3.05, 3.63) is 29.8 Å². The van der Waals surface area contributed by atoms with Crippen LogP contribution in [0.2, 0.25) is 0 Å². The molecule has 1 fully saturated rings. The third kappa shape index (κ3) is 4.42. The predicted octanol–water partition coefficient (Wildman–Crippen LogP) is 2.68. The number of carbonyl (C=O) groups excluding carboxylic acids is 1. The topological polar surface area (TPSA) is 61.4 Å². The molecule has 0 saturated heterocycles. The van der Waals surface area contributed by atoms with Gasteiger partial charge in [-0.2, -0.15) is 0 Å². The summed E-state index contributed by atoms with van der Waals surface area (Å²) >= 11 is 1.66. The van der Waals surface area contributed by atoms with Crippen LogP contribution in [-0.2, 0) is 0 Å². The Labute approximate surface area is 124 Å². The second-order valence-corrected chi connectivity index (χ2v) is 6.00. The van der Waals surface area contributed by atoms with Crippen LogP contribution in [0.5, 0.6) is 0 Å². The largest absolute Gasteiger partial charge is 0.387 e. The molecule has 0 radical (unpaired) electrons. The number of benzene rings is 1. The summed E-state index contributed by atoms with van der Waals surface area (Å²) in [5.74, 6) is 0. The highest BCUT2D eigenvalue weighted by atomic mass is 32.2. The van der Waals surface area contributed by atoms with Crippen molar-refractivity contribution in [3.8, 4) is 0 Å². The smallest absolute Gasteiger partial charge is 0.315 e. The van der Waals surface area contributed by atoms with Crippen molar-refractivity contribution >= 4 is 17.8 Å². The monoisotopic (exact) mass is 294 g/mol. The highest BCUT2D eigenvalue weighted by Crippen LogP contribution is 2.19. The van der Waals surface area contributed by atoms with E-state index in [1.165, 1.54) is 12.8 Å². The van der Waals surface area contributed by atoms with Gasteiger partial charge in [0.15, 0.2) is 0 Å². The van der Waals surface area contributed by atoms with Crippen LogP contribution in [0, 0.1) is 0 Å². The van der Waals surface area contributed by atoms with E-state index < -0.39 is 6.10 Å². The van der Waals surface area contributed by atoms with Crippen molar-refractivity contribution in [2.45, 2.75) is 42.7 Å². The molecule has 1 aliphatic rings. The van der Waals surface area contributed by atoms with E-state index in [9.17, 15) is 9.90 Å². The molecule has 1 atom stereocenters. The van der Waals surface area contributed by atoms with Gasteiger partial charge in [-0.25, -0.2) is 4.79 Å². The third-order valence-corrected chi connectivity index (χ3v) is 4.39. The Hall–Kier alpha value is -1.20. The minimum Gasteiger partial charge on any atom is -0.387 e. The highest BCUT2D eigenvalue weighted by molar-refractivity contribution is 7.98. The first-order valence-electron chi connectivity index (χ1n) is 7.05. The quantitative estimate of drug-likeness (QED) is 0.732. The minimum atomic E-state index is -0.666. The van der Waals surface area contributed by atoms with Crippen molar-refractivity contribution < 1.29 is 9.90 Å². The third-order valence-electron chi connectivity index (χ3n) is 3.65. The van der Waals surface area contributed by atoms with E-state index in [0.29, 0.717) is 6.04 Å². The SMILES string of the molecule is CSc1ccc(C(O)CNC(=O)NC2CCCC2)cc1. The molecule has 5 heteroatoms. The van der Waals surface area contributed by atoms with Gasteiger partial charge >= 0.3 is 6.03 Å². The van der Waals surface area contributed by atoms with E-state index in [1.54, 1.807) is 11.8 Å². The molecule has 4 nitrogen and oxygen atoms in total. The second kappa shape index (κ2) is 7.55. The van der Waals surface area contributed by atoms with Gasteiger partial charge in [0.05, 0.1) is 6.10 Å². The maximum atomic E-state index is 11.7. The Morgan fingerprint density at radius 1 is 1.35 bits per heavy atom. The lowest BCUT2D eigenvalue weighted by atomic mass is 10.1. The van der Waals surface area contributed by atoms with Crippen LogP contribution in [0.4, 0.5) is 4.79 Å². The van der Waals surface area contributed by atoms with Gasteiger partial charge in [-0.15, -0.1) is 11.8 Å². The zero-order valence-electron chi connectivity index (χ0n) is 11.8. The average Bonchev–Trinajstić information content (AvgIpc) is 2.97. The van der Waals surface area contributed by atoms with Crippen LogP contribution >= 0.6 is 11.8 Å². The predicted molar refractivity (Wildman–Crippen MR) is 82.0 cm³/mol. The summed E-state index contributed by atoms with van der Waals surface area (Å²) in [6.45, 7) is 0.233. The maximum Gasteiger partial charge on any atom is 0.315 e. The molecule has 1 unspecified atom stereocenters. The number of amides is 2. The highest BCUT2D eigenvalue weighted by Gasteiger charge is 2.17. The first kappa shape index (κ1) is 15.2. The fourth-order valence-corrected chi connectivity index (χ4v) is 2.85. The fourth-order valence-electron chi connectivity index (χ4n) is 2.44. The molecular weight excluding hydrogens is 272 g/mol. The van der Waals surface area contributed by atoms with Gasteiger partial charge in [0.1, 0.15) is 0 Å². The molecule has 1 aliphatic carbocycles. The van der Waals surface area contributed by atoms with Gasteiger partial charge in [-0.05, 0) is 36.8 Å². The second-order valence-electron chi connectivity index (χ2n) is 5.12.